The van der Waals surface area contributed by atoms with Gasteiger partial charge in [-0.25, -0.2) is 0 Å². The van der Waals surface area contributed by atoms with Crippen molar-refractivity contribution in [3.05, 3.63) is 46.8 Å². The summed E-state index contributed by atoms with van der Waals surface area (Å²) < 4.78 is 1.82. The molecule has 0 fully saturated rings. The molecule has 0 amide bonds. The highest BCUT2D eigenvalue weighted by atomic mass is 32.1. The third-order valence-electron chi connectivity index (χ3n) is 3.50. The van der Waals surface area contributed by atoms with Crippen LogP contribution in [0, 0.1) is 20.8 Å². The van der Waals surface area contributed by atoms with Crippen LogP contribution in [0.3, 0.4) is 0 Å². The van der Waals surface area contributed by atoms with Gasteiger partial charge in [0, 0.05) is 24.5 Å². The predicted octanol–water partition coefficient (Wildman–Crippen LogP) is 3.39. The van der Waals surface area contributed by atoms with E-state index in [1.807, 2.05) is 24.9 Å². The second kappa shape index (κ2) is 6.26. The molecule has 0 saturated heterocycles. The summed E-state index contributed by atoms with van der Waals surface area (Å²) in [6, 6.07) is 6.38. The first-order chi connectivity index (χ1) is 9.86. The van der Waals surface area contributed by atoms with Crippen LogP contribution in [0.2, 0.25) is 0 Å². The van der Waals surface area contributed by atoms with Crippen LogP contribution >= 0.6 is 12.2 Å². The summed E-state index contributed by atoms with van der Waals surface area (Å²) in [7, 11) is 1.93. The van der Waals surface area contributed by atoms with Crippen molar-refractivity contribution < 1.29 is 0 Å². The summed E-state index contributed by atoms with van der Waals surface area (Å²) >= 11 is 5.41. The highest BCUT2D eigenvalue weighted by Gasteiger charge is 2.13. The van der Waals surface area contributed by atoms with E-state index in [2.05, 4.69) is 54.7 Å². The number of thiocarbonyl (C=S) groups is 1. The highest BCUT2D eigenvalue weighted by Crippen LogP contribution is 2.18. The first-order valence-corrected chi connectivity index (χ1v) is 7.42. The molecule has 0 aliphatic rings. The molecule has 0 aliphatic carbocycles. The third-order valence-corrected chi connectivity index (χ3v) is 3.72. The molecule has 4 nitrogen and oxygen atoms in total. The molecule has 1 unspecified atom stereocenters. The van der Waals surface area contributed by atoms with Gasteiger partial charge in [-0.05, 0) is 51.5 Å². The van der Waals surface area contributed by atoms with Gasteiger partial charge in [0.15, 0.2) is 5.11 Å². The SMILES string of the molecule is Cc1ccc(NC(=S)NC(C)c2cn(C)nc2C)c(C)c1. The molecule has 0 radical (unpaired) electrons. The highest BCUT2D eigenvalue weighted by molar-refractivity contribution is 7.80. The summed E-state index contributed by atoms with van der Waals surface area (Å²) in [5.41, 5.74) is 5.64. The Balaban J connectivity index is 2.03. The van der Waals surface area contributed by atoms with E-state index in [9.17, 15) is 0 Å². The Hall–Kier alpha value is -1.88. The van der Waals surface area contributed by atoms with Crippen molar-refractivity contribution in [2.24, 2.45) is 7.05 Å². The van der Waals surface area contributed by atoms with Gasteiger partial charge < -0.3 is 10.6 Å². The Kier molecular flexibility index (Phi) is 4.63. The molecule has 2 N–H and O–H groups in total. The first kappa shape index (κ1) is 15.5. The van der Waals surface area contributed by atoms with Crippen molar-refractivity contribution in [3.8, 4) is 0 Å². The Bertz CT molecular complexity index is 660. The van der Waals surface area contributed by atoms with Gasteiger partial charge in [0.1, 0.15) is 0 Å². The average molecular weight is 302 g/mol. The summed E-state index contributed by atoms with van der Waals surface area (Å²) in [5.74, 6) is 0. The zero-order valence-corrected chi connectivity index (χ0v) is 14.0. The smallest absolute Gasteiger partial charge is 0.171 e. The quantitative estimate of drug-likeness (QED) is 0.853. The molecule has 2 rings (SSSR count). The summed E-state index contributed by atoms with van der Waals surface area (Å²) in [4.78, 5) is 0. The number of aromatic nitrogens is 2. The molecule has 0 aliphatic heterocycles. The average Bonchev–Trinajstić information content (AvgIpc) is 2.72. The minimum atomic E-state index is 0.115. The maximum absolute atomic E-state index is 5.41. The van der Waals surface area contributed by atoms with Gasteiger partial charge >= 0.3 is 0 Å². The van der Waals surface area contributed by atoms with E-state index in [-0.39, 0.29) is 6.04 Å². The monoisotopic (exact) mass is 302 g/mol. The summed E-state index contributed by atoms with van der Waals surface area (Å²) in [6.45, 7) is 8.25. The molecule has 112 valence electrons. The molecule has 1 aromatic carbocycles. The van der Waals surface area contributed by atoms with Crippen LogP contribution in [0.5, 0.6) is 0 Å². The molecule has 2 aromatic rings. The fourth-order valence-corrected chi connectivity index (χ4v) is 2.72. The lowest BCUT2D eigenvalue weighted by Crippen LogP contribution is -2.31. The van der Waals surface area contributed by atoms with Crippen LogP contribution in [0.4, 0.5) is 5.69 Å². The van der Waals surface area contributed by atoms with Crippen molar-refractivity contribution in [2.75, 3.05) is 5.32 Å². The lowest BCUT2D eigenvalue weighted by atomic mass is 10.1. The molecule has 0 saturated carbocycles. The number of aryl methyl sites for hydroxylation is 4. The van der Waals surface area contributed by atoms with E-state index < -0.39 is 0 Å². The molecule has 0 spiro atoms. The maximum Gasteiger partial charge on any atom is 0.171 e. The van der Waals surface area contributed by atoms with E-state index in [0.717, 1.165) is 16.9 Å². The number of hydrogen-bond donors (Lipinski definition) is 2. The molecule has 1 atom stereocenters. The van der Waals surface area contributed by atoms with Crippen LogP contribution < -0.4 is 10.6 Å². The standard InChI is InChI=1S/C16H22N4S/c1-10-6-7-15(11(2)8-10)18-16(21)17-12(3)14-9-20(5)19-13(14)4/h6-9,12H,1-5H3,(H2,17,18,21). The van der Waals surface area contributed by atoms with Crippen molar-refractivity contribution in [1.82, 2.24) is 15.1 Å². The summed E-state index contributed by atoms with van der Waals surface area (Å²) in [5, 5.41) is 11.5. The van der Waals surface area contributed by atoms with E-state index in [4.69, 9.17) is 12.2 Å². The Morgan fingerprint density at radius 1 is 1.29 bits per heavy atom. The summed E-state index contributed by atoms with van der Waals surface area (Å²) in [6.07, 6.45) is 2.02. The molecule has 1 heterocycles. The van der Waals surface area contributed by atoms with Gasteiger partial charge in [-0.3, -0.25) is 4.68 Å². The van der Waals surface area contributed by atoms with Crippen LogP contribution in [-0.2, 0) is 7.05 Å². The maximum atomic E-state index is 5.41. The number of rotatable bonds is 3. The first-order valence-electron chi connectivity index (χ1n) is 7.01. The van der Waals surface area contributed by atoms with Crippen LogP contribution in [0.15, 0.2) is 24.4 Å². The molecular weight excluding hydrogens is 280 g/mol. The van der Waals surface area contributed by atoms with Crippen molar-refractivity contribution >= 4 is 23.0 Å². The zero-order valence-electron chi connectivity index (χ0n) is 13.2. The van der Waals surface area contributed by atoms with Gasteiger partial charge in [-0.2, -0.15) is 5.10 Å². The molecule has 5 heteroatoms. The predicted molar refractivity (Wildman–Crippen MR) is 91.6 cm³/mol. The van der Waals surface area contributed by atoms with Crippen LogP contribution in [0.25, 0.3) is 0 Å². The molecule has 0 bridgehead atoms. The molecule has 21 heavy (non-hydrogen) atoms. The topological polar surface area (TPSA) is 41.9 Å². The number of nitrogens with zero attached hydrogens (tertiary/aromatic N) is 2. The molecular formula is C16H22N4S. The second-order valence-electron chi connectivity index (χ2n) is 5.48. The second-order valence-corrected chi connectivity index (χ2v) is 5.89. The number of anilines is 1. The Morgan fingerprint density at radius 3 is 2.57 bits per heavy atom. The van der Waals surface area contributed by atoms with Crippen LogP contribution in [-0.4, -0.2) is 14.9 Å². The van der Waals surface area contributed by atoms with Gasteiger partial charge in [0.05, 0.1) is 11.7 Å². The van der Waals surface area contributed by atoms with Gasteiger partial charge in [0.2, 0.25) is 0 Å². The fraction of sp³-hybridized carbons (Fsp3) is 0.375. The minimum Gasteiger partial charge on any atom is -0.356 e. The minimum absolute atomic E-state index is 0.115. The lowest BCUT2D eigenvalue weighted by molar-refractivity contribution is 0.715. The van der Waals surface area contributed by atoms with Crippen molar-refractivity contribution in [2.45, 2.75) is 33.7 Å². The molecule has 1 aromatic heterocycles. The van der Waals surface area contributed by atoms with E-state index in [1.165, 1.54) is 11.1 Å². The van der Waals surface area contributed by atoms with E-state index >= 15 is 0 Å². The van der Waals surface area contributed by atoms with Gasteiger partial charge in [-0.1, -0.05) is 17.7 Å². The normalized spacial score (nSPS) is 12.0. The van der Waals surface area contributed by atoms with Crippen LogP contribution in [0.1, 0.15) is 35.3 Å². The van der Waals surface area contributed by atoms with E-state index in [0.29, 0.717) is 5.11 Å². The fourth-order valence-electron chi connectivity index (χ4n) is 2.43. The number of benzene rings is 1. The third kappa shape index (κ3) is 3.82. The van der Waals surface area contributed by atoms with Crippen molar-refractivity contribution in [1.29, 1.82) is 0 Å². The Labute approximate surface area is 131 Å². The zero-order chi connectivity index (χ0) is 15.6. The van der Waals surface area contributed by atoms with Gasteiger partial charge in [-0.15, -0.1) is 0 Å². The Morgan fingerprint density at radius 2 is 2.00 bits per heavy atom. The van der Waals surface area contributed by atoms with Gasteiger partial charge in [0.25, 0.3) is 0 Å². The number of nitrogens with one attached hydrogen (secondary N) is 2. The van der Waals surface area contributed by atoms with E-state index in [1.54, 1.807) is 0 Å². The lowest BCUT2D eigenvalue weighted by Gasteiger charge is -2.17. The number of hydrogen-bond acceptors (Lipinski definition) is 2. The largest absolute Gasteiger partial charge is 0.356 e. The van der Waals surface area contributed by atoms with Crippen molar-refractivity contribution in [3.63, 3.8) is 0 Å².